The quantitative estimate of drug-likeness (QED) is 0.794. The van der Waals surface area contributed by atoms with Crippen LogP contribution in [0.3, 0.4) is 0 Å². The van der Waals surface area contributed by atoms with Crippen molar-refractivity contribution in [1.29, 1.82) is 0 Å². The van der Waals surface area contributed by atoms with Crippen molar-refractivity contribution in [2.75, 3.05) is 11.9 Å². The number of carbonyl (C=O) groups is 1. The van der Waals surface area contributed by atoms with E-state index in [2.05, 4.69) is 5.32 Å². The van der Waals surface area contributed by atoms with Crippen molar-refractivity contribution in [3.05, 3.63) is 23.8 Å². The van der Waals surface area contributed by atoms with Gasteiger partial charge in [0.2, 0.25) is 5.92 Å². The smallest absolute Gasteiger partial charge is 0.412 e. The van der Waals surface area contributed by atoms with E-state index in [0.29, 0.717) is 11.3 Å². The van der Waals surface area contributed by atoms with Crippen LogP contribution in [0.15, 0.2) is 18.2 Å². The summed E-state index contributed by atoms with van der Waals surface area (Å²) in [6.07, 6.45) is -1.43. The first-order valence-corrected chi connectivity index (χ1v) is 7.38. The van der Waals surface area contributed by atoms with Crippen molar-refractivity contribution in [2.24, 2.45) is 5.73 Å². The molecular formula is C16H22F2N2O3. The van der Waals surface area contributed by atoms with Crippen LogP contribution in [0, 0.1) is 0 Å². The second-order valence-electron chi connectivity index (χ2n) is 7.05. The maximum atomic E-state index is 13.2. The molecule has 4 N–H and O–H groups in total. The third kappa shape index (κ3) is 3.90. The Bertz CT molecular complexity index is 604. The fraction of sp³-hybridized carbons (Fsp3) is 0.562. The summed E-state index contributed by atoms with van der Waals surface area (Å²) in [6, 6.07) is 4.37. The molecule has 23 heavy (non-hydrogen) atoms. The zero-order valence-electron chi connectivity index (χ0n) is 13.5. The third-order valence-electron chi connectivity index (χ3n) is 3.80. The van der Waals surface area contributed by atoms with E-state index in [1.54, 1.807) is 20.8 Å². The SMILES string of the molecule is CC(C)(C)OC(=O)Nc1ccc(C2(CN)CC(F)(F)C2)c(O)c1. The zero-order valence-corrected chi connectivity index (χ0v) is 13.5. The molecule has 0 saturated heterocycles. The van der Waals surface area contributed by atoms with E-state index < -0.39 is 23.0 Å². The molecule has 1 aromatic rings. The molecule has 1 aromatic carbocycles. The minimum Gasteiger partial charge on any atom is -0.508 e. The number of halogens is 2. The summed E-state index contributed by atoms with van der Waals surface area (Å²) in [5.74, 6) is -2.92. The van der Waals surface area contributed by atoms with Crippen LogP contribution in [0.25, 0.3) is 0 Å². The van der Waals surface area contributed by atoms with Gasteiger partial charge in [-0.1, -0.05) is 6.07 Å². The van der Waals surface area contributed by atoms with Crippen LogP contribution in [0.2, 0.25) is 0 Å². The molecule has 0 radical (unpaired) electrons. The zero-order chi connectivity index (χ0) is 17.5. The second-order valence-corrected chi connectivity index (χ2v) is 7.05. The highest BCUT2D eigenvalue weighted by Crippen LogP contribution is 2.54. The van der Waals surface area contributed by atoms with E-state index in [0.717, 1.165) is 0 Å². The standard InChI is InChI=1S/C16H22F2N2O3/c1-14(2,3)23-13(22)20-10-4-5-11(12(21)6-10)15(9-19)7-16(17,18)8-15/h4-6,21H,7-9,19H2,1-3H3,(H,20,22). The van der Waals surface area contributed by atoms with E-state index in [9.17, 15) is 18.7 Å². The summed E-state index contributed by atoms with van der Waals surface area (Å²) in [6.45, 7) is 5.22. The molecule has 1 fully saturated rings. The maximum Gasteiger partial charge on any atom is 0.412 e. The van der Waals surface area contributed by atoms with Crippen molar-refractivity contribution in [1.82, 2.24) is 0 Å². The van der Waals surface area contributed by atoms with Gasteiger partial charge in [0.15, 0.2) is 0 Å². The topological polar surface area (TPSA) is 84.6 Å². The number of benzene rings is 1. The summed E-state index contributed by atoms with van der Waals surface area (Å²) < 4.78 is 31.6. The van der Waals surface area contributed by atoms with Crippen LogP contribution >= 0.6 is 0 Å². The van der Waals surface area contributed by atoms with Gasteiger partial charge < -0.3 is 15.6 Å². The number of nitrogens with one attached hydrogen (secondary N) is 1. The molecule has 0 heterocycles. The van der Waals surface area contributed by atoms with Crippen LogP contribution in [0.1, 0.15) is 39.2 Å². The minimum absolute atomic E-state index is 0.0228. The average Bonchev–Trinajstić information content (AvgIpc) is 2.33. The fourth-order valence-electron chi connectivity index (χ4n) is 2.86. The Morgan fingerprint density at radius 2 is 2.00 bits per heavy atom. The largest absolute Gasteiger partial charge is 0.508 e. The van der Waals surface area contributed by atoms with Gasteiger partial charge in [-0.25, -0.2) is 13.6 Å². The fourth-order valence-corrected chi connectivity index (χ4v) is 2.86. The van der Waals surface area contributed by atoms with Gasteiger partial charge in [-0.15, -0.1) is 0 Å². The Balaban J connectivity index is 2.14. The highest BCUT2D eigenvalue weighted by atomic mass is 19.3. The molecule has 0 bridgehead atoms. The summed E-state index contributed by atoms with van der Waals surface area (Å²) in [5.41, 5.74) is 4.77. The molecule has 0 atom stereocenters. The van der Waals surface area contributed by atoms with Crippen LogP contribution in [-0.4, -0.2) is 29.3 Å². The predicted octanol–water partition coefficient (Wildman–Crippen LogP) is 3.36. The molecule has 7 heteroatoms. The van der Waals surface area contributed by atoms with Crippen molar-refractivity contribution < 1.29 is 23.4 Å². The van der Waals surface area contributed by atoms with E-state index in [4.69, 9.17) is 10.5 Å². The lowest BCUT2D eigenvalue weighted by Crippen LogP contribution is -2.53. The van der Waals surface area contributed by atoms with Gasteiger partial charge in [0.05, 0.1) is 0 Å². The minimum atomic E-state index is -2.75. The van der Waals surface area contributed by atoms with E-state index >= 15 is 0 Å². The first-order chi connectivity index (χ1) is 10.5. The van der Waals surface area contributed by atoms with Gasteiger partial charge in [-0.2, -0.15) is 0 Å². The van der Waals surface area contributed by atoms with Crippen molar-refractivity contribution in [2.45, 2.75) is 50.6 Å². The van der Waals surface area contributed by atoms with Gasteiger partial charge in [-0.05, 0) is 26.8 Å². The number of hydrogen-bond acceptors (Lipinski definition) is 4. The predicted molar refractivity (Wildman–Crippen MR) is 82.9 cm³/mol. The molecule has 2 rings (SSSR count). The number of aromatic hydroxyl groups is 1. The highest BCUT2D eigenvalue weighted by Gasteiger charge is 2.57. The molecule has 1 aliphatic rings. The Morgan fingerprint density at radius 1 is 1.39 bits per heavy atom. The molecule has 0 aliphatic heterocycles. The van der Waals surface area contributed by atoms with Crippen LogP contribution < -0.4 is 11.1 Å². The lowest BCUT2D eigenvalue weighted by molar-refractivity contribution is -0.124. The Hall–Kier alpha value is -1.89. The number of amides is 1. The molecule has 0 unspecified atom stereocenters. The van der Waals surface area contributed by atoms with E-state index in [-0.39, 0.29) is 25.1 Å². The Kier molecular flexibility index (Phi) is 4.28. The van der Waals surface area contributed by atoms with Crippen LogP contribution in [0.4, 0.5) is 19.3 Å². The highest BCUT2D eigenvalue weighted by molar-refractivity contribution is 5.85. The van der Waals surface area contributed by atoms with Crippen LogP contribution in [-0.2, 0) is 10.2 Å². The number of anilines is 1. The van der Waals surface area contributed by atoms with Crippen molar-refractivity contribution in [3.63, 3.8) is 0 Å². The normalized spacial score (nSPS) is 18.9. The number of hydrogen-bond donors (Lipinski definition) is 3. The van der Waals surface area contributed by atoms with E-state index in [1.807, 2.05) is 0 Å². The van der Waals surface area contributed by atoms with Gasteiger partial charge >= 0.3 is 6.09 Å². The molecule has 128 valence electrons. The monoisotopic (exact) mass is 328 g/mol. The van der Waals surface area contributed by atoms with Gasteiger partial charge in [0, 0.05) is 42.1 Å². The Morgan fingerprint density at radius 3 is 2.43 bits per heavy atom. The first kappa shape index (κ1) is 17.5. The number of ether oxygens (including phenoxy) is 1. The molecule has 5 nitrogen and oxygen atoms in total. The maximum absolute atomic E-state index is 13.2. The second kappa shape index (κ2) is 5.63. The third-order valence-corrected chi connectivity index (χ3v) is 3.80. The van der Waals surface area contributed by atoms with Gasteiger partial charge in [0.1, 0.15) is 11.4 Å². The van der Waals surface area contributed by atoms with Crippen molar-refractivity contribution >= 4 is 11.8 Å². The molecule has 0 aromatic heterocycles. The van der Waals surface area contributed by atoms with Crippen molar-refractivity contribution in [3.8, 4) is 5.75 Å². The first-order valence-electron chi connectivity index (χ1n) is 7.38. The van der Waals surface area contributed by atoms with Gasteiger partial charge in [0.25, 0.3) is 0 Å². The number of phenols is 1. The summed E-state index contributed by atoms with van der Waals surface area (Å²) >= 11 is 0. The molecule has 0 spiro atoms. The number of carbonyl (C=O) groups excluding carboxylic acids is 1. The van der Waals surface area contributed by atoms with Crippen LogP contribution in [0.5, 0.6) is 5.75 Å². The molecule has 1 amide bonds. The van der Waals surface area contributed by atoms with E-state index in [1.165, 1.54) is 18.2 Å². The Labute approximate surface area is 133 Å². The van der Waals surface area contributed by atoms with Gasteiger partial charge in [-0.3, -0.25) is 5.32 Å². The molecular weight excluding hydrogens is 306 g/mol. The average molecular weight is 328 g/mol. The lowest BCUT2D eigenvalue weighted by Gasteiger charge is -2.47. The molecule has 1 aliphatic carbocycles. The number of phenolic OH excluding ortho intramolecular Hbond substituents is 1. The summed E-state index contributed by atoms with van der Waals surface area (Å²) in [5, 5.41) is 12.6. The number of nitrogens with two attached hydrogens (primary N) is 1. The summed E-state index contributed by atoms with van der Waals surface area (Å²) in [4.78, 5) is 11.7. The number of rotatable bonds is 3. The summed E-state index contributed by atoms with van der Waals surface area (Å²) in [7, 11) is 0. The number of alkyl halides is 2. The lowest BCUT2D eigenvalue weighted by atomic mass is 9.62. The molecule has 1 saturated carbocycles.